The maximum atomic E-state index is 11.7. The molecule has 0 saturated carbocycles. The number of hydrogen-bond donors (Lipinski definition) is 0. The standard InChI is InChI=1S/C15H21O4/c1-11-8-12(2)10-13(9-11)14(16)19-18-7-6-15(3,4)17-5/h7-10H,6H2,1-5H3. The maximum Gasteiger partial charge on any atom is 0.373 e. The van der Waals surface area contributed by atoms with Crippen molar-refractivity contribution in [3.63, 3.8) is 0 Å². The van der Waals surface area contributed by atoms with Gasteiger partial charge in [-0.05, 0) is 39.8 Å². The van der Waals surface area contributed by atoms with E-state index in [-0.39, 0.29) is 5.60 Å². The Hall–Kier alpha value is -1.39. The SMILES string of the molecule is COC(C)(C)C[CH]OOC(=O)c1cc(C)cc(C)c1. The van der Waals surface area contributed by atoms with Gasteiger partial charge in [-0.3, -0.25) is 4.89 Å². The van der Waals surface area contributed by atoms with Gasteiger partial charge < -0.3 is 4.74 Å². The van der Waals surface area contributed by atoms with Crippen molar-refractivity contribution < 1.29 is 19.3 Å². The zero-order valence-corrected chi connectivity index (χ0v) is 12.1. The number of rotatable bonds is 6. The number of ether oxygens (including phenoxy) is 1. The van der Waals surface area contributed by atoms with Crippen molar-refractivity contribution in [1.82, 2.24) is 0 Å². The van der Waals surface area contributed by atoms with Crippen LogP contribution in [0.15, 0.2) is 18.2 Å². The Morgan fingerprint density at radius 2 is 1.79 bits per heavy atom. The molecule has 0 saturated heterocycles. The van der Waals surface area contributed by atoms with E-state index >= 15 is 0 Å². The van der Waals surface area contributed by atoms with Gasteiger partial charge in [0.25, 0.3) is 0 Å². The van der Waals surface area contributed by atoms with Crippen LogP contribution < -0.4 is 0 Å². The minimum Gasteiger partial charge on any atom is -0.379 e. The number of benzene rings is 1. The van der Waals surface area contributed by atoms with Crippen molar-refractivity contribution in [2.75, 3.05) is 7.11 Å². The molecule has 0 heterocycles. The summed E-state index contributed by atoms with van der Waals surface area (Å²) in [6, 6.07) is 5.51. The van der Waals surface area contributed by atoms with Crippen LogP contribution in [0.4, 0.5) is 0 Å². The number of methoxy groups -OCH3 is 1. The van der Waals surface area contributed by atoms with E-state index < -0.39 is 5.97 Å². The third kappa shape index (κ3) is 5.41. The molecule has 105 valence electrons. The lowest BCUT2D eigenvalue weighted by Crippen LogP contribution is -2.22. The third-order valence-electron chi connectivity index (χ3n) is 2.78. The lowest BCUT2D eigenvalue weighted by atomic mass is 10.1. The zero-order valence-electron chi connectivity index (χ0n) is 12.1. The molecule has 0 aromatic heterocycles. The van der Waals surface area contributed by atoms with Gasteiger partial charge in [-0.15, -0.1) is 0 Å². The lowest BCUT2D eigenvalue weighted by Gasteiger charge is -2.21. The molecule has 0 unspecified atom stereocenters. The van der Waals surface area contributed by atoms with Crippen LogP contribution in [0.3, 0.4) is 0 Å². The van der Waals surface area contributed by atoms with Crippen LogP contribution in [0.25, 0.3) is 0 Å². The number of carbonyl (C=O) groups is 1. The fourth-order valence-electron chi connectivity index (χ4n) is 1.54. The quantitative estimate of drug-likeness (QED) is 0.449. The fraction of sp³-hybridized carbons (Fsp3) is 0.467. The van der Waals surface area contributed by atoms with Crippen molar-refractivity contribution in [1.29, 1.82) is 0 Å². The van der Waals surface area contributed by atoms with Gasteiger partial charge in [0, 0.05) is 13.5 Å². The molecular weight excluding hydrogens is 244 g/mol. The number of aryl methyl sites for hydroxylation is 2. The minimum absolute atomic E-state index is 0.341. The molecule has 0 aliphatic rings. The normalized spacial score (nSPS) is 11.4. The van der Waals surface area contributed by atoms with Gasteiger partial charge in [0.2, 0.25) is 0 Å². The summed E-state index contributed by atoms with van der Waals surface area (Å²) in [5.74, 6) is -0.502. The van der Waals surface area contributed by atoms with Gasteiger partial charge in [-0.25, -0.2) is 4.79 Å². The first-order valence-corrected chi connectivity index (χ1v) is 6.17. The van der Waals surface area contributed by atoms with Crippen LogP contribution >= 0.6 is 0 Å². The molecule has 0 atom stereocenters. The van der Waals surface area contributed by atoms with Crippen LogP contribution in [0.1, 0.15) is 41.8 Å². The second-order valence-electron chi connectivity index (χ2n) is 5.18. The van der Waals surface area contributed by atoms with Crippen LogP contribution in [-0.2, 0) is 14.5 Å². The summed E-state index contributed by atoms with van der Waals surface area (Å²) in [4.78, 5) is 21.3. The van der Waals surface area contributed by atoms with E-state index in [1.165, 1.54) is 6.61 Å². The largest absolute Gasteiger partial charge is 0.379 e. The van der Waals surface area contributed by atoms with Crippen molar-refractivity contribution in [3.05, 3.63) is 41.5 Å². The topological polar surface area (TPSA) is 44.8 Å². The van der Waals surface area contributed by atoms with Crippen molar-refractivity contribution >= 4 is 5.97 Å². The predicted octanol–water partition coefficient (Wildman–Crippen LogP) is 3.37. The van der Waals surface area contributed by atoms with E-state index in [9.17, 15) is 4.79 Å². The number of carbonyl (C=O) groups excluding carboxylic acids is 1. The van der Waals surface area contributed by atoms with E-state index in [0.717, 1.165) is 11.1 Å². The van der Waals surface area contributed by atoms with Crippen LogP contribution in [0, 0.1) is 20.5 Å². The van der Waals surface area contributed by atoms with Crippen LogP contribution in [0.5, 0.6) is 0 Å². The highest BCUT2D eigenvalue weighted by molar-refractivity contribution is 5.89. The third-order valence-corrected chi connectivity index (χ3v) is 2.78. The molecule has 19 heavy (non-hydrogen) atoms. The van der Waals surface area contributed by atoms with E-state index in [2.05, 4.69) is 0 Å². The predicted molar refractivity (Wildman–Crippen MR) is 72.4 cm³/mol. The molecule has 1 rings (SSSR count). The Kier molecular flexibility index (Phi) is 5.51. The Morgan fingerprint density at radius 1 is 1.21 bits per heavy atom. The first-order chi connectivity index (χ1) is 8.84. The molecule has 0 fully saturated rings. The smallest absolute Gasteiger partial charge is 0.373 e. The lowest BCUT2D eigenvalue weighted by molar-refractivity contribution is -0.218. The highest BCUT2D eigenvalue weighted by Crippen LogP contribution is 2.16. The molecule has 0 bridgehead atoms. The first-order valence-electron chi connectivity index (χ1n) is 6.17. The summed E-state index contributed by atoms with van der Waals surface area (Å²) >= 11 is 0. The van der Waals surface area contributed by atoms with Gasteiger partial charge in [0.15, 0.2) is 0 Å². The van der Waals surface area contributed by atoms with E-state index in [4.69, 9.17) is 14.5 Å². The number of hydrogen-bond acceptors (Lipinski definition) is 4. The minimum atomic E-state index is -0.502. The van der Waals surface area contributed by atoms with Gasteiger partial charge >= 0.3 is 5.97 Å². The van der Waals surface area contributed by atoms with E-state index in [0.29, 0.717) is 12.0 Å². The molecule has 1 aromatic carbocycles. The Bertz CT molecular complexity index is 418. The summed E-state index contributed by atoms with van der Waals surface area (Å²) in [5.41, 5.74) is 2.16. The summed E-state index contributed by atoms with van der Waals surface area (Å²) in [5, 5.41) is 0. The summed E-state index contributed by atoms with van der Waals surface area (Å²) < 4.78 is 5.21. The second-order valence-corrected chi connectivity index (χ2v) is 5.18. The maximum absolute atomic E-state index is 11.7. The average molecular weight is 265 g/mol. The molecule has 1 aromatic rings. The van der Waals surface area contributed by atoms with Crippen LogP contribution in [0.2, 0.25) is 0 Å². The highest BCUT2D eigenvalue weighted by Gasteiger charge is 2.17. The molecule has 4 nitrogen and oxygen atoms in total. The van der Waals surface area contributed by atoms with Gasteiger partial charge in [-0.1, -0.05) is 17.2 Å². The molecule has 0 N–H and O–H groups in total. The first kappa shape index (κ1) is 15.7. The van der Waals surface area contributed by atoms with Crippen molar-refractivity contribution in [2.45, 2.75) is 39.7 Å². The molecule has 0 amide bonds. The molecule has 1 radical (unpaired) electrons. The molecule has 0 spiro atoms. The highest BCUT2D eigenvalue weighted by atomic mass is 17.2. The Labute approximate surface area is 114 Å². The molecule has 4 heteroatoms. The van der Waals surface area contributed by atoms with Gasteiger partial charge in [0.05, 0.1) is 11.2 Å². The molecule has 0 aliphatic carbocycles. The van der Waals surface area contributed by atoms with E-state index in [1.54, 1.807) is 19.2 Å². The molecular formula is C15H21O4. The zero-order chi connectivity index (χ0) is 14.5. The van der Waals surface area contributed by atoms with Crippen molar-refractivity contribution in [2.24, 2.45) is 0 Å². The summed E-state index contributed by atoms with van der Waals surface area (Å²) in [6.07, 6.45) is 0.517. The van der Waals surface area contributed by atoms with Gasteiger partial charge in [0.1, 0.15) is 6.61 Å². The second kappa shape index (κ2) is 6.68. The monoisotopic (exact) mass is 265 g/mol. The average Bonchev–Trinajstić information content (AvgIpc) is 2.33. The summed E-state index contributed by atoms with van der Waals surface area (Å²) in [6.45, 7) is 9.11. The Morgan fingerprint density at radius 3 is 2.32 bits per heavy atom. The van der Waals surface area contributed by atoms with Crippen LogP contribution in [-0.4, -0.2) is 18.7 Å². The van der Waals surface area contributed by atoms with Gasteiger partial charge in [-0.2, -0.15) is 4.89 Å². The van der Waals surface area contributed by atoms with E-state index in [1.807, 2.05) is 33.8 Å². The summed E-state index contributed by atoms with van der Waals surface area (Å²) in [7, 11) is 1.62. The fourth-order valence-corrected chi connectivity index (χ4v) is 1.54. The van der Waals surface area contributed by atoms with Crippen molar-refractivity contribution in [3.8, 4) is 0 Å². The Balaban J connectivity index is 2.43. The molecule has 0 aliphatic heterocycles.